The molecular formula is C20H36O2. The lowest BCUT2D eigenvalue weighted by atomic mass is 9.55. The Kier molecular flexibility index (Phi) is 4.40. The third kappa shape index (κ3) is 2.55. The van der Waals surface area contributed by atoms with Gasteiger partial charge in [-0.2, -0.15) is 0 Å². The van der Waals surface area contributed by atoms with Gasteiger partial charge in [-0.25, -0.2) is 0 Å². The van der Waals surface area contributed by atoms with Gasteiger partial charge in [0.15, 0.2) is 0 Å². The molecule has 0 aromatic carbocycles. The Morgan fingerprint density at radius 3 is 2.09 bits per heavy atom. The first-order valence-corrected chi connectivity index (χ1v) is 9.66. The van der Waals surface area contributed by atoms with E-state index in [1.165, 1.54) is 25.7 Å². The predicted octanol–water partition coefficient (Wildman–Crippen LogP) is 4.39. The lowest BCUT2D eigenvalue weighted by Gasteiger charge is -2.50. The van der Waals surface area contributed by atoms with Crippen LogP contribution in [0.4, 0.5) is 0 Å². The van der Waals surface area contributed by atoms with Crippen LogP contribution in [0.25, 0.3) is 0 Å². The van der Waals surface area contributed by atoms with Crippen molar-refractivity contribution in [1.29, 1.82) is 0 Å². The van der Waals surface area contributed by atoms with Crippen LogP contribution in [0, 0.1) is 34.5 Å². The second-order valence-electron chi connectivity index (χ2n) is 9.48. The van der Waals surface area contributed by atoms with Crippen LogP contribution in [0.1, 0.15) is 79.1 Å². The van der Waals surface area contributed by atoms with Crippen LogP contribution in [0.3, 0.4) is 0 Å². The summed E-state index contributed by atoms with van der Waals surface area (Å²) < 4.78 is 0. The molecule has 0 saturated heterocycles. The Hall–Kier alpha value is -0.0800. The fourth-order valence-electron chi connectivity index (χ4n) is 6.99. The number of hydrogen-bond acceptors (Lipinski definition) is 2. The zero-order chi connectivity index (χ0) is 16.1. The topological polar surface area (TPSA) is 40.5 Å². The van der Waals surface area contributed by atoms with E-state index in [-0.39, 0.29) is 12.2 Å². The molecule has 0 aromatic rings. The maximum atomic E-state index is 10.3. The normalized spacial score (nSPS) is 51.5. The molecule has 3 aliphatic rings. The van der Waals surface area contributed by atoms with E-state index in [9.17, 15) is 10.2 Å². The number of hydrogen-bond donors (Lipinski definition) is 2. The maximum Gasteiger partial charge on any atom is 0.0543 e. The second-order valence-corrected chi connectivity index (χ2v) is 9.48. The third-order valence-electron chi connectivity index (χ3n) is 7.91. The molecule has 22 heavy (non-hydrogen) atoms. The lowest BCUT2D eigenvalue weighted by molar-refractivity contribution is -0.0520. The molecule has 0 heterocycles. The highest BCUT2D eigenvalue weighted by atomic mass is 16.3. The van der Waals surface area contributed by atoms with E-state index in [0.717, 1.165) is 37.5 Å². The number of rotatable bonds is 2. The monoisotopic (exact) mass is 308 g/mol. The smallest absolute Gasteiger partial charge is 0.0543 e. The van der Waals surface area contributed by atoms with Crippen molar-refractivity contribution >= 4 is 0 Å². The van der Waals surface area contributed by atoms with Crippen LogP contribution in [0.15, 0.2) is 0 Å². The van der Waals surface area contributed by atoms with Crippen LogP contribution in [-0.4, -0.2) is 22.4 Å². The van der Waals surface area contributed by atoms with E-state index < -0.39 is 0 Å². The Morgan fingerprint density at radius 2 is 1.45 bits per heavy atom. The minimum Gasteiger partial charge on any atom is -0.393 e. The molecule has 3 saturated carbocycles. The van der Waals surface area contributed by atoms with Gasteiger partial charge in [0, 0.05) is 0 Å². The number of aliphatic hydroxyl groups excluding tert-OH is 2. The van der Waals surface area contributed by atoms with Crippen LogP contribution >= 0.6 is 0 Å². The van der Waals surface area contributed by atoms with Gasteiger partial charge in [-0.15, -0.1) is 0 Å². The van der Waals surface area contributed by atoms with E-state index in [4.69, 9.17) is 0 Å². The highest BCUT2D eigenvalue weighted by molar-refractivity contribution is 5.09. The predicted molar refractivity (Wildman–Crippen MR) is 90.5 cm³/mol. The van der Waals surface area contributed by atoms with Crippen molar-refractivity contribution in [1.82, 2.24) is 0 Å². The Labute approximate surface area is 136 Å². The summed E-state index contributed by atoms with van der Waals surface area (Å²) in [5.74, 6) is 2.79. The summed E-state index contributed by atoms with van der Waals surface area (Å²) in [5, 5.41) is 20.6. The molecule has 3 aliphatic carbocycles. The maximum absolute atomic E-state index is 10.3. The molecule has 0 aromatic heterocycles. The Balaban J connectivity index is 1.96. The highest BCUT2D eigenvalue weighted by Crippen LogP contribution is 2.67. The first kappa shape index (κ1) is 16.8. The molecule has 3 fully saturated rings. The molecule has 2 N–H and O–H groups in total. The van der Waals surface area contributed by atoms with E-state index in [0.29, 0.717) is 22.7 Å². The number of fused-ring (bicyclic) bond motifs is 1. The largest absolute Gasteiger partial charge is 0.393 e. The van der Waals surface area contributed by atoms with Crippen molar-refractivity contribution in [3.63, 3.8) is 0 Å². The van der Waals surface area contributed by atoms with Gasteiger partial charge in [0.2, 0.25) is 0 Å². The van der Waals surface area contributed by atoms with Crippen molar-refractivity contribution in [2.45, 2.75) is 91.3 Å². The van der Waals surface area contributed by atoms with Gasteiger partial charge in [-0.3, -0.25) is 0 Å². The first-order valence-electron chi connectivity index (χ1n) is 9.66. The van der Waals surface area contributed by atoms with Crippen molar-refractivity contribution in [3.05, 3.63) is 0 Å². The zero-order valence-corrected chi connectivity index (χ0v) is 15.0. The average molecular weight is 309 g/mol. The standard InChI is InChI=1S/C20H36O2/c1-5-20(17-10-14(21)7-6-13(17)2)12-19(3,4)16-9-8-15(22)11-18(16)20/h13-18,21-22H,5-12H2,1-4H3. The van der Waals surface area contributed by atoms with Gasteiger partial charge in [0.1, 0.15) is 0 Å². The minimum atomic E-state index is -0.0969. The molecule has 0 amide bonds. The van der Waals surface area contributed by atoms with Crippen LogP contribution in [0.5, 0.6) is 0 Å². The Bertz CT molecular complexity index is 405. The van der Waals surface area contributed by atoms with E-state index in [1.807, 2.05) is 0 Å². The molecule has 0 radical (unpaired) electrons. The first-order chi connectivity index (χ1) is 10.3. The fourth-order valence-corrected chi connectivity index (χ4v) is 6.99. The SMILES string of the molecule is CCC1(C2CC(O)CCC2C)CC(C)(C)C2CCC(O)CC21. The van der Waals surface area contributed by atoms with E-state index >= 15 is 0 Å². The van der Waals surface area contributed by atoms with E-state index in [1.54, 1.807) is 0 Å². The van der Waals surface area contributed by atoms with Crippen LogP contribution in [0.2, 0.25) is 0 Å². The molecule has 0 aliphatic heterocycles. The van der Waals surface area contributed by atoms with Gasteiger partial charge >= 0.3 is 0 Å². The molecular weight excluding hydrogens is 272 g/mol. The van der Waals surface area contributed by atoms with E-state index in [2.05, 4.69) is 27.7 Å². The summed E-state index contributed by atoms with van der Waals surface area (Å²) in [7, 11) is 0. The highest BCUT2D eigenvalue weighted by Gasteiger charge is 2.60. The van der Waals surface area contributed by atoms with Crippen molar-refractivity contribution < 1.29 is 10.2 Å². The molecule has 2 heteroatoms. The molecule has 3 rings (SSSR count). The van der Waals surface area contributed by atoms with Gasteiger partial charge in [-0.05, 0) is 85.9 Å². The molecule has 2 nitrogen and oxygen atoms in total. The van der Waals surface area contributed by atoms with Gasteiger partial charge in [0.05, 0.1) is 12.2 Å². The summed E-state index contributed by atoms with van der Waals surface area (Å²) in [6.07, 6.45) is 8.66. The summed E-state index contributed by atoms with van der Waals surface area (Å²) >= 11 is 0. The Morgan fingerprint density at radius 1 is 0.864 bits per heavy atom. The van der Waals surface area contributed by atoms with Gasteiger partial charge in [-0.1, -0.05) is 27.7 Å². The molecule has 7 unspecified atom stereocenters. The molecule has 128 valence electrons. The van der Waals surface area contributed by atoms with Gasteiger partial charge < -0.3 is 10.2 Å². The van der Waals surface area contributed by atoms with Gasteiger partial charge in [0.25, 0.3) is 0 Å². The molecule has 0 bridgehead atoms. The molecule has 7 atom stereocenters. The van der Waals surface area contributed by atoms with Crippen LogP contribution in [-0.2, 0) is 0 Å². The van der Waals surface area contributed by atoms with Crippen molar-refractivity contribution in [3.8, 4) is 0 Å². The zero-order valence-electron chi connectivity index (χ0n) is 15.0. The average Bonchev–Trinajstić information content (AvgIpc) is 2.69. The summed E-state index contributed by atoms with van der Waals surface area (Å²) in [6, 6.07) is 0. The molecule has 0 spiro atoms. The summed E-state index contributed by atoms with van der Waals surface area (Å²) in [5.41, 5.74) is 0.735. The third-order valence-corrected chi connectivity index (χ3v) is 7.91. The van der Waals surface area contributed by atoms with Crippen molar-refractivity contribution in [2.24, 2.45) is 34.5 Å². The van der Waals surface area contributed by atoms with Crippen LogP contribution < -0.4 is 0 Å². The second kappa shape index (κ2) is 5.77. The fraction of sp³-hybridized carbons (Fsp3) is 1.00. The van der Waals surface area contributed by atoms with Crippen molar-refractivity contribution in [2.75, 3.05) is 0 Å². The number of aliphatic hydroxyl groups is 2. The summed E-state index contributed by atoms with van der Waals surface area (Å²) in [6.45, 7) is 9.70. The lowest BCUT2D eigenvalue weighted by Crippen LogP contribution is -2.45. The minimum absolute atomic E-state index is 0.0927. The quantitative estimate of drug-likeness (QED) is 0.794. The summed E-state index contributed by atoms with van der Waals surface area (Å²) in [4.78, 5) is 0.